The number of anilines is 1. The van der Waals surface area contributed by atoms with Crippen LogP contribution in [0.15, 0.2) is 48.5 Å². The summed E-state index contributed by atoms with van der Waals surface area (Å²) in [4.78, 5) is 11.6. The Morgan fingerprint density at radius 3 is 2.60 bits per heavy atom. The number of benzene rings is 2. The fourth-order valence-electron chi connectivity index (χ4n) is 1.54. The Morgan fingerprint density at radius 2 is 1.90 bits per heavy atom. The summed E-state index contributed by atoms with van der Waals surface area (Å²) in [5, 5.41) is 2.99. The van der Waals surface area contributed by atoms with E-state index in [2.05, 4.69) is 5.32 Å². The number of nitrogens with one attached hydrogen (secondary N) is 1. The van der Waals surface area contributed by atoms with Crippen LogP contribution in [0.2, 0.25) is 5.02 Å². The van der Waals surface area contributed by atoms with Gasteiger partial charge in [-0.15, -0.1) is 0 Å². The van der Waals surface area contributed by atoms with Crippen LogP contribution in [0.3, 0.4) is 0 Å². The van der Waals surface area contributed by atoms with E-state index in [1.165, 1.54) is 12.1 Å². The standard InChI is InChI=1S/C15H10ClF2NO/c16-11-3-1-2-10(8-11)4-7-15(20)19-12-5-6-13(17)14(18)9-12/h1-9H,(H,19,20). The van der Waals surface area contributed by atoms with E-state index in [4.69, 9.17) is 11.6 Å². The van der Waals surface area contributed by atoms with Crippen LogP contribution >= 0.6 is 11.6 Å². The molecule has 0 aromatic heterocycles. The topological polar surface area (TPSA) is 29.1 Å². The number of carbonyl (C=O) groups is 1. The van der Waals surface area contributed by atoms with Crippen LogP contribution in [-0.2, 0) is 4.79 Å². The molecule has 0 aliphatic carbocycles. The monoisotopic (exact) mass is 293 g/mol. The Labute approximate surface area is 119 Å². The van der Waals surface area contributed by atoms with Crippen molar-refractivity contribution in [1.29, 1.82) is 0 Å². The lowest BCUT2D eigenvalue weighted by Crippen LogP contribution is -2.08. The van der Waals surface area contributed by atoms with E-state index < -0.39 is 17.5 Å². The van der Waals surface area contributed by atoms with Gasteiger partial charge in [0.2, 0.25) is 5.91 Å². The van der Waals surface area contributed by atoms with Crippen molar-refractivity contribution < 1.29 is 13.6 Å². The molecule has 2 nitrogen and oxygen atoms in total. The predicted molar refractivity (Wildman–Crippen MR) is 75.5 cm³/mol. The van der Waals surface area contributed by atoms with Gasteiger partial charge >= 0.3 is 0 Å². The van der Waals surface area contributed by atoms with Crippen LogP contribution in [0.25, 0.3) is 6.08 Å². The summed E-state index contributed by atoms with van der Waals surface area (Å²) in [7, 11) is 0. The fraction of sp³-hybridized carbons (Fsp3) is 0. The number of amides is 1. The Hall–Kier alpha value is -2.20. The smallest absolute Gasteiger partial charge is 0.248 e. The van der Waals surface area contributed by atoms with E-state index in [1.54, 1.807) is 30.3 Å². The highest BCUT2D eigenvalue weighted by molar-refractivity contribution is 6.30. The first kappa shape index (κ1) is 14.2. The van der Waals surface area contributed by atoms with Crippen molar-refractivity contribution in [2.75, 3.05) is 5.32 Å². The highest BCUT2D eigenvalue weighted by Gasteiger charge is 2.04. The van der Waals surface area contributed by atoms with E-state index >= 15 is 0 Å². The second-order valence-electron chi connectivity index (χ2n) is 4.01. The summed E-state index contributed by atoms with van der Waals surface area (Å²) < 4.78 is 25.7. The Kier molecular flexibility index (Phi) is 4.48. The molecule has 0 heterocycles. The Bertz CT molecular complexity index is 671. The molecule has 5 heteroatoms. The minimum absolute atomic E-state index is 0.185. The number of halogens is 3. The van der Waals surface area contributed by atoms with Gasteiger partial charge in [-0.3, -0.25) is 4.79 Å². The first-order chi connectivity index (χ1) is 9.54. The van der Waals surface area contributed by atoms with E-state index in [-0.39, 0.29) is 5.69 Å². The van der Waals surface area contributed by atoms with Gasteiger partial charge in [-0.2, -0.15) is 0 Å². The molecule has 0 atom stereocenters. The first-order valence-electron chi connectivity index (χ1n) is 5.74. The molecule has 2 aromatic carbocycles. The third-order valence-electron chi connectivity index (χ3n) is 2.46. The van der Waals surface area contributed by atoms with Crippen molar-refractivity contribution in [2.45, 2.75) is 0 Å². The zero-order valence-electron chi connectivity index (χ0n) is 10.2. The van der Waals surface area contributed by atoms with E-state index in [9.17, 15) is 13.6 Å². The maximum absolute atomic E-state index is 13.0. The van der Waals surface area contributed by atoms with Gasteiger partial charge in [-0.25, -0.2) is 8.78 Å². The van der Waals surface area contributed by atoms with Crippen molar-refractivity contribution in [2.24, 2.45) is 0 Å². The first-order valence-corrected chi connectivity index (χ1v) is 6.12. The molecule has 1 amide bonds. The van der Waals surface area contributed by atoms with Crippen molar-refractivity contribution in [3.05, 3.63) is 70.8 Å². The maximum Gasteiger partial charge on any atom is 0.248 e. The number of rotatable bonds is 3. The quantitative estimate of drug-likeness (QED) is 0.841. The third-order valence-corrected chi connectivity index (χ3v) is 2.70. The molecule has 0 fully saturated rings. The van der Waals surface area contributed by atoms with Gasteiger partial charge in [0.05, 0.1) is 0 Å². The van der Waals surface area contributed by atoms with Crippen LogP contribution in [-0.4, -0.2) is 5.91 Å². The second kappa shape index (κ2) is 6.30. The summed E-state index contributed by atoms with van der Waals surface area (Å²) in [5.74, 6) is -2.42. The lowest BCUT2D eigenvalue weighted by molar-refractivity contribution is -0.111. The number of hydrogen-bond donors (Lipinski definition) is 1. The molecule has 0 aliphatic rings. The maximum atomic E-state index is 13.0. The van der Waals surface area contributed by atoms with Crippen molar-refractivity contribution in [3.63, 3.8) is 0 Å². The zero-order valence-corrected chi connectivity index (χ0v) is 11.0. The Balaban J connectivity index is 2.03. The highest BCUT2D eigenvalue weighted by Crippen LogP contribution is 2.14. The summed E-state index contributed by atoms with van der Waals surface area (Å²) >= 11 is 5.81. The van der Waals surface area contributed by atoms with Gasteiger partial charge in [0.1, 0.15) is 0 Å². The molecule has 0 saturated heterocycles. The zero-order chi connectivity index (χ0) is 14.5. The summed E-state index contributed by atoms with van der Waals surface area (Å²) in [6, 6.07) is 10.1. The van der Waals surface area contributed by atoms with Crippen molar-refractivity contribution in [1.82, 2.24) is 0 Å². The fourth-order valence-corrected chi connectivity index (χ4v) is 1.74. The second-order valence-corrected chi connectivity index (χ2v) is 4.44. The molecule has 0 spiro atoms. The summed E-state index contributed by atoms with van der Waals surface area (Å²) in [6.45, 7) is 0. The average molecular weight is 294 g/mol. The molecule has 20 heavy (non-hydrogen) atoms. The Morgan fingerprint density at radius 1 is 1.10 bits per heavy atom. The van der Waals surface area contributed by atoms with Gasteiger partial charge in [-0.05, 0) is 35.9 Å². The molecular weight excluding hydrogens is 284 g/mol. The molecule has 0 bridgehead atoms. The molecular formula is C15H10ClF2NO. The molecule has 2 aromatic rings. The minimum Gasteiger partial charge on any atom is -0.322 e. The van der Waals surface area contributed by atoms with Crippen LogP contribution in [0.5, 0.6) is 0 Å². The van der Waals surface area contributed by atoms with Gasteiger partial charge in [0.25, 0.3) is 0 Å². The molecule has 1 N–H and O–H groups in total. The minimum atomic E-state index is -1.01. The lowest BCUT2D eigenvalue weighted by atomic mass is 10.2. The van der Waals surface area contributed by atoms with Crippen LogP contribution in [0.4, 0.5) is 14.5 Å². The van der Waals surface area contributed by atoms with Gasteiger partial charge in [0.15, 0.2) is 11.6 Å². The summed E-state index contributed by atoms with van der Waals surface area (Å²) in [5.41, 5.74) is 0.947. The predicted octanol–water partition coefficient (Wildman–Crippen LogP) is 4.27. The van der Waals surface area contributed by atoms with Crippen LogP contribution in [0, 0.1) is 11.6 Å². The van der Waals surface area contributed by atoms with Gasteiger partial charge < -0.3 is 5.32 Å². The van der Waals surface area contributed by atoms with Gasteiger partial charge in [-0.1, -0.05) is 23.7 Å². The van der Waals surface area contributed by atoms with Crippen molar-refractivity contribution >= 4 is 29.3 Å². The van der Waals surface area contributed by atoms with E-state index in [0.717, 1.165) is 17.7 Å². The third kappa shape index (κ3) is 3.90. The largest absolute Gasteiger partial charge is 0.322 e. The molecule has 0 radical (unpaired) electrons. The van der Waals surface area contributed by atoms with Crippen molar-refractivity contribution in [3.8, 4) is 0 Å². The molecule has 2 rings (SSSR count). The molecule has 102 valence electrons. The number of hydrogen-bond acceptors (Lipinski definition) is 1. The molecule has 0 saturated carbocycles. The van der Waals surface area contributed by atoms with Crippen LogP contribution in [0.1, 0.15) is 5.56 Å². The SMILES string of the molecule is O=C(C=Cc1cccc(Cl)c1)Nc1ccc(F)c(F)c1. The highest BCUT2D eigenvalue weighted by atomic mass is 35.5. The average Bonchev–Trinajstić information content (AvgIpc) is 2.41. The van der Waals surface area contributed by atoms with Crippen LogP contribution < -0.4 is 5.32 Å². The molecule has 0 unspecified atom stereocenters. The number of carbonyl (C=O) groups excluding carboxylic acids is 1. The van der Waals surface area contributed by atoms with Gasteiger partial charge in [0, 0.05) is 22.9 Å². The van der Waals surface area contributed by atoms with E-state index in [0.29, 0.717) is 5.02 Å². The lowest BCUT2D eigenvalue weighted by Gasteiger charge is -2.02. The van der Waals surface area contributed by atoms with E-state index in [1.807, 2.05) is 0 Å². The molecule has 0 aliphatic heterocycles. The summed E-state index contributed by atoms with van der Waals surface area (Å²) in [6.07, 6.45) is 2.86. The normalized spacial score (nSPS) is 10.8.